The van der Waals surface area contributed by atoms with Crippen LogP contribution >= 0.6 is 0 Å². The summed E-state index contributed by atoms with van der Waals surface area (Å²) in [5.74, 6) is 11.8. The molecule has 0 saturated heterocycles. The van der Waals surface area contributed by atoms with E-state index in [-0.39, 0.29) is 5.75 Å². The van der Waals surface area contributed by atoms with Gasteiger partial charge in [0.25, 0.3) is 0 Å². The summed E-state index contributed by atoms with van der Waals surface area (Å²) < 4.78 is 5.95. The number of amidine groups is 1. The number of aromatic nitrogens is 1. The largest absolute Gasteiger partial charge is 0.508 e. The highest BCUT2D eigenvalue weighted by Gasteiger charge is 2.11. The van der Waals surface area contributed by atoms with Gasteiger partial charge in [0.15, 0.2) is 5.84 Å². The van der Waals surface area contributed by atoms with Gasteiger partial charge < -0.3 is 21.1 Å². The Morgan fingerprint density at radius 1 is 1.12 bits per heavy atom. The number of nitrogens with zero attached hydrogens (tertiary/aromatic N) is 2. The van der Waals surface area contributed by atoms with Gasteiger partial charge in [-0.3, -0.25) is 4.98 Å². The van der Waals surface area contributed by atoms with E-state index in [1.54, 1.807) is 30.6 Å². The minimum atomic E-state index is 0.127. The minimum absolute atomic E-state index is 0.127. The topological polar surface area (TPSA) is 119 Å². The summed E-state index contributed by atoms with van der Waals surface area (Å²) in [7, 11) is 0. The van der Waals surface area contributed by atoms with Crippen LogP contribution in [0.3, 0.4) is 0 Å². The first-order valence-corrected chi connectivity index (χ1v) is 7.91. The predicted molar refractivity (Wildman–Crippen MR) is 100 cm³/mol. The Morgan fingerprint density at radius 3 is 2.65 bits per heavy atom. The normalized spacial score (nSPS) is 11.2. The molecule has 6 N–H and O–H groups in total. The maximum absolute atomic E-state index is 9.90. The fourth-order valence-electron chi connectivity index (χ4n) is 2.52. The number of hydrogen-bond donors (Lipinski definition) is 4. The van der Waals surface area contributed by atoms with E-state index in [0.29, 0.717) is 29.3 Å². The Labute approximate surface area is 150 Å². The van der Waals surface area contributed by atoms with Crippen LogP contribution in [-0.2, 0) is 6.61 Å². The van der Waals surface area contributed by atoms with Crippen molar-refractivity contribution in [3.63, 3.8) is 0 Å². The van der Waals surface area contributed by atoms with E-state index in [2.05, 4.69) is 15.5 Å². The number of pyridine rings is 1. The van der Waals surface area contributed by atoms with Gasteiger partial charge in [-0.2, -0.15) is 5.10 Å². The molecular formula is C19H19N5O2. The van der Waals surface area contributed by atoms with Crippen molar-refractivity contribution < 1.29 is 9.84 Å². The molecule has 0 bridgehead atoms. The molecule has 132 valence electrons. The van der Waals surface area contributed by atoms with Crippen molar-refractivity contribution in [1.82, 2.24) is 10.4 Å². The van der Waals surface area contributed by atoms with Gasteiger partial charge >= 0.3 is 0 Å². The van der Waals surface area contributed by atoms with Crippen molar-refractivity contribution in [2.24, 2.45) is 16.8 Å². The highest BCUT2D eigenvalue weighted by Crippen LogP contribution is 2.33. The lowest BCUT2D eigenvalue weighted by Crippen LogP contribution is -2.32. The first kappa shape index (κ1) is 17.2. The quantitative estimate of drug-likeness (QED) is 0.242. The molecule has 0 saturated carbocycles. The molecule has 3 rings (SSSR count). The van der Waals surface area contributed by atoms with E-state index in [1.807, 2.05) is 36.4 Å². The van der Waals surface area contributed by atoms with Gasteiger partial charge in [0.2, 0.25) is 0 Å². The van der Waals surface area contributed by atoms with Gasteiger partial charge in [-0.15, -0.1) is 0 Å². The lowest BCUT2D eigenvalue weighted by atomic mass is 10.0. The molecule has 3 aromatic rings. The number of nitrogens with one attached hydrogen (secondary N) is 1. The Bertz CT molecular complexity index is 913. The van der Waals surface area contributed by atoms with Gasteiger partial charge in [0.05, 0.1) is 0 Å². The Kier molecular flexibility index (Phi) is 5.31. The maximum Gasteiger partial charge on any atom is 0.168 e. The molecule has 0 aliphatic heterocycles. The van der Waals surface area contributed by atoms with Crippen LogP contribution in [0.1, 0.15) is 11.1 Å². The molecule has 7 nitrogen and oxygen atoms in total. The molecule has 0 unspecified atom stereocenters. The monoisotopic (exact) mass is 349 g/mol. The molecule has 0 aliphatic carbocycles. The van der Waals surface area contributed by atoms with Crippen molar-refractivity contribution in [2.45, 2.75) is 6.61 Å². The van der Waals surface area contributed by atoms with Crippen molar-refractivity contribution >= 4 is 5.84 Å². The fraction of sp³-hybridized carbons (Fsp3) is 0.0526. The number of benzene rings is 2. The molecule has 0 atom stereocenters. The molecule has 0 radical (unpaired) electrons. The number of ether oxygens (including phenoxy) is 1. The SMILES string of the molecule is N/N=C(\NN)c1cncc(-c2cc(O)ccc2OCc2ccccc2)c1. The van der Waals surface area contributed by atoms with Crippen LogP contribution in [0.25, 0.3) is 11.1 Å². The zero-order valence-electron chi connectivity index (χ0n) is 14.0. The minimum Gasteiger partial charge on any atom is -0.508 e. The van der Waals surface area contributed by atoms with Crippen molar-refractivity contribution in [2.75, 3.05) is 0 Å². The standard InChI is InChI=1S/C19H19N5O2/c20-23-19(24-21)15-8-14(10-22-11-15)17-9-16(25)6-7-18(17)26-12-13-4-2-1-3-5-13/h1-11,25H,12,20-21H2,(H,23,24). The molecular weight excluding hydrogens is 330 g/mol. The Hall–Kier alpha value is -3.58. The van der Waals surface area contributed by atoms with E-state index < -0.39 is 0 Å². The zero-order valence-corrected chi connectivity index (χ0v) is 14.0. The van der Waals surface area contributed by atoms with Crippen LogP contribution < -0.4 is 21.8 Å². The molecule has 0 aliphatic rings. The third-order valence-electron chi connectivity index (χ3n) is 3.79. The zero-order chi connectivity index (χ0) is 18.4. The number of phenolic OH excluding ortho intramolecular Hbond substituents is 1. The number of nitrogens with two attached hydrogens (primary N) is 2. The Balaban J connectivity index is 1.94. The number of hydrazine groups is 1. The smallest absolute Gasteiger partial charge is 0.168 e. The van der Waals surface area contributed by atoms with Crippen LogP contribution in [0.4, 0.5) is 0 Å². The summed E-state index contributed by atoms with van der Waals surface area (Å²) in [6, 6.07) is 16.6. The molecule has 1 aromatic heterocycles. The summed E-state index contributed by atoms with van der Waals surface area (Å²) in [5.41, 5.74) is 5.52. The summed E-state index contributed by atoms with van der Waals surface area (Å²) in [6.07, 6.45) is 3.25. The average molecular weight is 349 g/mol. The molecule has 2 aromatic carbocycles. The second-order valence-electron chi connectivity index (χ2n) is 5.54. The molecule has 0 spiro atoms. The van der Waals surface area contributed by atoms with Crippen LogP contribution in [0, 0.1) is 0 Å². The van der Waals surface area contributed by atoms with Gasteiger partial charge in [0.1, 0.15) is 18.1 Å². The number of rotatable bonds is 5. The third kappa shape index (κ3) is 3.90. The predicted octanol–water partition coefficient (Wildman–Crippen LogP) is 2.12. The summed E-state index contributed by atoms with van der Waals surface area (Å²) in [6.45, 7) is 0.408. The van der Waals surface area contributed by atoms with E-state index in [9.17, 15) is 5.11 Å². The van der Waals surface area contributed by atoms with Crippen molar-refractivity contribution in [3.05, 3.63) is 78.1 Å². The number of hydrogen-bond acceptors (Lipinski definition) is 6. The van der Waals surface area contributed by atoms with Gasteiger partial charge in [-0.1, -0.05) is 30.3 Å². The summed E-state index contributed by atoms with van der Waals surface area (Å²) in [4.78, 5) is 4.20. The van der Waals surface area contributed by atoms with E-state index in [4.69, 9.17) is 16.4 Å². The molecule has 0 amide bonds. The molecule has 7 heteroatoms. The number of phenols is 1. The maximum atomic E-state index is 9.90. The van der Waals surface area contributed by atoms with E-state index in [0.717, 1.165) is 11.1 Å². The lowest BCUT2D eigenvalue weighted by molar-refractivity contribution is 0.307. The van der Waals surface area contributed by atoms with E-state index >= 15 is 0 Å². The highest BCUT2D eigenvalue weighted by atomic mass is 16.5. The van der Waals surface area contributed by atoms with Gasteiger partial charge in [-0.05, 0) is 29.8 Å². The summed E-state index contributed by atoms with van der Waals surface area (Å²) >= 11 is 0. The number of hydrazone groups is 1. The van der Waals surface area contributed by atoms with E-state index in [1.165, 1.54) is 0 Å². The Morgan fingerprint density at radius 2 is 1.92 bits per heavy atom. The first-order chi connectivity index (χ1) is 12.7. The third-order valence-corrected chi connectivity index (χ3v) is 3.79. The molecule has 1 heterocycles. The van der Waals surface area contributed by atoms with Crippen LogP contribution in [0.5, 0.6) is 11.5 Å². The average Bonchev–Trinajstić information content (AvgIpc) is 2.69. The molecule has 0 fully saturated rings. The number of aromatic hydroxyl groups is 1. The lowest BCUT2D eigenvalue weighted by Gasteiger charge is -2.13. The molecule has 26 heavy (non-hydrogen) atoms. The van der Waals surface area contributed by atoms with Crippen molar-refractivity contribution in [1.29, 1.82) is 0 Å². The first-order valence-electron chi connectivity index (χ1n) is 7.91. The summed E-state index contributed by atoms with van der Waals surface area (Å²) in [5, 5.41) is 13.5. The highest BCUT2D eigenvalue weighted by molar-refractivity contribution is 5.99. The second kappa shape index (κ2) is 8.00. The van der Waals surface area contributed by atoms with Crippen LogP contribution in [0.15, 0.2) is 72.1 Å². The van der Waals surface area contributed by atoms with Gasteiger partial charge in [-0.25, -0.2) is 5.84 Å². The van der Waals surface area contributed by atoms with Crippen molar-refractivity contribution in [3.8, 4) is 22.6 Å². The fourth-order valence-corrected chi connectivity index (χ4v) is 2.52. The van der Waals surface area contributed by atoms with Gasteiger partial charge in [0, 0.05) is 29.1 Å². The van der Waals surface area contributed by atoms with Crippen LogP contribution in [-0.4, -0.2) is 15.9 Å². The van der Waals surface area contributed by atoms with Crippen LogP contribution in [0.2, 0.25) is 0 Å². The second-order valence-corrected chi connectivity index (χ2v) is 5.54.